The first-order chi connectivity index (χ1) is 15.0. The smallest absolute Gasteiger partial charge is 0.242 e. The van der Waals surface area contributed by atoms with E-state index in [4.69, 9.17) is 4.74 Å². The summed E-state index contributed by atoms with van der Waals surface area (Å²) in [4.78, 5) is 15.5. The predicted molar refractivity (Wildman–Crippen MR) is 118 cm³/mol. The van der Waals surface area contributed by atoms with E-state index >= 15 is 0 Å². The van der Waals surface area contributed by atoms with Gasteiger partial charge in [-0.2, -0.15) is 0 Å². The van der Waals surface area contributed by atoms with Crippen LogP contribution >= 0.6 is 0 Å². The monoisotopic (exact) mass is 421 g/mol. The maximum Gasteiger partial charge on any atom is 0.242 e. The van der Waals surface area contributed by atoms with Crippen molar-refractivity contribution in [1.82, 2.24) is 15.8 Å². The molecule has 0 spiro atoms. The van der Waals surface area contributed by atoms with Crippen molar-refractivity contribution in [2.45, 2.75) is 56.8 Å². The number of phenols is 1. The Morgan fingerprint density at radius 3 is 2.52 bits per heavy atom. The molecule has 3 N–H and O–H groups in total. The van der Waals surface area contributed by atoms with Crippen LogP contribution in [0.3, 0.4) is 0 Å². The molecular weight excluding hydrogens is 390 g/mol. The summed E-state index contributed by atoms with van der Waals surface area (Å²) < 4.78 is 5.88. The van der Waals surface area contributed by atoms with Crippen molar-refractivity contribution >= 4 is 5.91 Å². The summed E-state index contributed by atoms with van der Waals surface area (Å²) in [5, 5.41) is 10.5. The number of aromatic hydroxyl groups is 1. The number of nitrogens with zero attached hydrogens (tertiary/aromatic N) is 1. The Hall–Kier alpha value is -2.41. The lowest BCUT2D eigenvalue weighted by Crippen LogP contribution is -2.43. The lowest BCUT2D eigenvalue weighted by atomic mass is 9.82. The van der Waals surface area contributed by atoms with Gasteiger partial charge in [-0.05, 0) is 36.0 Å². The Bertz CT molecular complexity index is 939. The number of amides is 1. The van der Waals surface area contributed by atoms with Gasteiger partial charge in [0.2, 0.25) is 5.91 Å². The number of hydrogen-bond donors (Lipinski definition) is 3. The van der Waals surface area contributed by atoms with E-state index in [-0.39, 0.29) is 41.8 Å². The van der Waals surface area contributed by atoms with Crippen LogP contribution in [-0.4, -0.2) is 41.2 Å². The quantitative estimate of drug-likeness (QED) is 0.690. The molecule has 31 heavy (non-hydrogen) atoms. The number of hydrogen-bond acceptors (Lipinski definition) is 5. The van der Waals surface area contributed by atoms with Crippen molar-refractivity contribution in [1.29, 1.82) is 0 Å². The van der Waals surface area contributed by atoms with E-state index in [0.29, 0.717) is 12.5 Å². The van der Waals surface area contributed by atoms with Crippen molar-refractivity contribution in [2.24, 2.45) is 5.92 Å². The molecule has 6 nitrogen and oxygen atoms in total. The number of phenolic OH excluding ortho intramolecular Hbond substituents is 1. The summed E-state index contributed by atoms with van der Waals surface area (Å²) in [5.41, 5.74) is 9.77. The van der Waals surface area contributed by atoms with Gasteiger partial charge in [0.25, 0.3) is 0 Å². The van der Waals surface area contributed by atoms with Crippen LogP contribution in [0.15, 0.2) is 48.5 Å². The topological polar surface area (TPSA) is 73.8 Å². The fourth-order valence-corrected chi connectivity index (χ4v) is 5.41. The number of hydrazine groups is 1. The molecule has 3 aliphatic rings. The van der Waals surface area contributed by atoms with Gasteiger partial charge in [-0.3, -0.25) is 4.79 Å². The molecular formula is C25H31N3O3. The molecule has 5 unspecified atom stereocenters. The molecule has 0 aliphatic carbocycles. The molecule has 0 aromatic heterocycles. The summed E-state index contributed by atoms with van der Waals surface area (Å²) in [5.74, 6) is 0.774. The van der Waals surface area contributed by atoms with E-state index in [2.05, 4.69) is 49.0 Å². The summed E-state index contributed by atoms with van der Waals surface area (Å²) in [6.45, 7) is 5.75. The van der Waals surface area contributed by atoms with Crippen LogP contribution in [0, 0.1) is 5.92 Å². The summed E-state index contributed by atoms with van der Waals surface area (Å²) in [6, 6.07) is 15.5. The zero-order valence-electron chi connectivity index (χ0n) is 18.1. The number of rotatable bonds is 5. The lowest BCUT2D eigenvalue weighted by molar-refractivity contribution is -0.132. The van der Waals surface area contributed by atoms with E-state index in [0.717, 1.165) is 30.6 Å². The summed E-state index contributed by atoms with van der Waals surface area (Å²) in [6.07, 6.45) is 2.14. The maximum absolute atomic E-state index is 13.5. The van der Waals surface area contributed by atoms with Gasteiger partial charge in [0.15, 0.2) is 0 Å². The number of para-hydroxylation sites is 1. The molecule has 0 radical (unpaired) electrons. The Balaban J connectivity index is 1.54. The third-order valence-electron chi connectivity index (χ3n) is 7.05. The molecule has 0 saturated carbocycles. The molecule has 1 amide bonds. The maximum atomic E-state index is 13.5. The second-order valence-electron chi connectivity index (χ2n) is 9.27. The number of likely N-dealkylation sites (tertiary alicyclic amines) is 1. The second-order valence-corrected chi connectivity index (χ2v) is 9.27. The minimum atomic E-state index is -0.333. The fourth-order valence-electron chi connectivity index (χ4n) is 5.41. The van der Waals surface area contributed by atoms with Gasteiger partial charge in [-0.25, -0.2) is 10.9 Å². The Kier molecular flexibility index (Phi) is 5.46. The van der Waals surface area contributed by atoms with E-state index in [1.807, 2.05) is 23.1 Å². The number of ether oxygens (including phenoxy) is 1. The number of fused-ring (bicyclic) bond motifs is 1. The molecule has 5 atom stereocenters. The highest BCUT2D eigenvalue weighted by Crippen LogP contribution is 2.48. The van der Waals surface area contributed by atoms with Crippen LogP contribution in [0.2, 0.25) is 0 Å². The highest BCUT2D eigenvalue weighted by molar-refractivity contribution is 5.86. The number of benzene rings is 2. The van der Waals surface area contributed by atoms with Gasteiger partial charge < -0.3 is 14.7 Å². The van der Waals surface area contributed by atoms with Gasteiger partial charge in [0.1, 0.15) is 11.8 Å². The third-order valence-corrected chi connectivity index (χ3v) is 7.05. The highest BCUT2D eigenvalue weighted by Gasteiger charge is 2.56. The van der Waals surface area contributed by atoms with Gasteiger partial charge in [0.05, 0.1) is 18.2 Å². The third kappa shape index (κ3) is 3.63. The van der Waals surface area contributed by atoms with E-state index in [9.17, 15) is 9.90 Å². The largest absolute Gasteiger partial charge is 0.508 e. The standard InChI is InChI=1S/C25H31N3O3/c1-15(2)16-9-11-17(12-10-16)24-21-22(19-7-3-4-8-20(19)29)26-27-23(21)25(30)28(24)14-18-6-5-13-31-18/h3-4,7-12,15,18,21-24,26-27,29H,5-6,13-14H2,1-2H3. The van der Waals surface area contributed by atoms with Gasteiger partial charge in [-0.1, -0.05) is 56.3 Å². The minimum absolute atomic E-state index is 0.0351. The molecule has 0 bridgehead atoms. The predicted octanol–water partition coefficient (Wildman–Crippen LogP) is 3.41. The fraction of sp³-hybridized carbons (Fsp3) is 0.480. The van der Waals surface area contributed by atoms with E-state index in [1.54, 1.807) is 6.07 Å². The number of carbonyl (C=O) groups excluding carboxylic acids is 1. The zero-order chi connectivity index (χ0) is 21.5. The van der Waals surface area contributed by atoms with Crippen LogP contribution in [0.25, 0.3) is 0 Å². The number of nitrogens with one attached hydrogen (secondary N) is 2. The van der Waals surface area contributed by atoms with Crippen molar-refractivity contribution in [3.8, 4) is 5.75 Å². The first kappa shape index (κ1) is 20.5. The van der Waals surface area contributed by atoms with Crippen LogP contribution in [0.1, 0.15) is 61.4 Å². The molecule has 6 heteroatoms. The van der Waals surface area contributed by atoms with Crippen LogP contribution in [0.5, 0.6) is 5.75 Å². The molecule has 3 fully saturated rings. The highest BCUT2D eigenvalue weighted by atomic mass is 16.5. The number of carbonyl (C=O) groups is 1. The van der Waals surface area contributed by atoms with Crippen LogP contribution in [0.4, 0.5) is 0 Å². The molecule has 2 aromatic carbocycles. The Labute approximate surface area is 183 Å². The van der Waals surface area contributed by atoms with E-state index < -0.39 is 0 Å². The van der Waals surface area contributed by atoms with Crippen LogP contribution < -0.4 is 10.9 Å². The molecule has 5 rings (SSSR count). The van der Waals surface area contributed by atoms with Crippen molar-refractivity contribution in [3.05, 3.63) is 65.2 Å². The lowest BCUT2D eigenvalue weighted by Gasteiger charge is -2.33. The normalized spacial score (nSPS) is 30.4. The van der Waals surface area contributed by atoms with Gasteiger partial charge in [0, 0.05) is 24.6 Å². The average Bonchev–Trinajstić information content (AvgIpc) is 3.49. The van der Waals surface area contributed by atoms with E-state index in [1.165, 1.54) is 5.56 Å². The van der Waals surface area contributed by atoms with Gasteiger partial charge >= 0.3 is 0 Å². The van der Waals surface area contributed by atoms with Crippen molar-refractivity contribution < 1.29 is 14.6 Å². The SMILES string of the molecule is CC(C)c1ccc(C2C3C(NNC3c3ccccc3O)C(=O)N2CC2CCCO2)cc1. The first-order valence-corrected chi connectivity index (χ1v) is 11.4. The van der Waals surface area contributed by atoms with Crippen molar-refractivity contribution in [2.75, 3.05) is 13.2 Å². The Morgan fingerprint density at radius 2 is 1.84 bits per heavy atom. The summed E-state index contributed by atoms with van der Waals surface area (Å²) >= 11 is 0. The molecule has 3 aliphatic heterocycles. The Morgan fingerprint density at radius 1 is 1.10 bits per heavy atom. The minimum Gasteiger partial charge on any atom is -0.508 e. The zero-order valence-corrected chi connectivity index (χ0v) is 18.1. The molecule has 3 heterocycles. The first-order valence-electron chi connectivity index (χ1n) is 11.4. The molecule has 164 valence electrons. The van der Waals surface area contributed by atoms with Crippen LogP contribution in [-0.2, 0) is 9.53 Å². The molecule has 2 aromatic rings. The summed E-state index contributed by atoms with van der Waals surface area (Å²) in [7, 11) is 0. The van der Waals surface area contributed by atoms with Gasteiger partial charge in [-0.15, -0.1) is 0 Å². The molecule has 3 saturated heterocycles. The van der Waals surface area contributed by atoms with Crippen molar-refractivity contribution in [3.63, 3.8) is 0 Å². The second kappa shape index (κ2) is 8.26. The average molecular weight is 422 g/mol.